The van der Waals surface area contributed by atoms with Crippen LogP contribution < -0.4 is 5.32 Å². The second-order valence-electron chi connectivity index (χ2n) is 5.12. The zero-order chi connectivity index (χ0) is 13.8. The third kappa shape index (κ3) is 3.34. The molecule has 2 heterocycles. The number of thiophene rings is 1. The summed E-state index contributed by atoms with van der Waals surface area (Å²) in [5, 5.41) is 14.2. The topological polar surface area (TPSA) is 56.1 Å². The summed E-state index contributed by atoms with van der Waals surface area (Å²) in [5.41, 5.74) is 0.540. The highest BCUT2D eigenvalue weighted by molar-refractivity contribution is 7.14. The molecule has 2 atom stereocenters. The fourth-order valence-electron chi connectivity index (χ4n) is 2.61. The molecule has 0 aliphatic carbocycles. The normalized spacial score (nSPS) is 23.8. The molecule has 1 aliphatic heterocycles. The highest BCUT2D eigenvalue weighted by Gasteiger charge is 2.26. The van der Waals surface area contributed by atoms with Crippen LogP contribution in [0.1, 0.15) is 38.7 Å². The van der Waals surface area contributed by atoms with Crippen molar-refractivity contribution in [2.24, 2.45) is 0 Å². The smallest absolute Gasteiger partial charge is 0.239 e. The number of nitriles is 1. The summed E-state index contributed by atoms with van der Waals surface area (Å²) in [4.78, 5) is 14.3. The van der Waals surface area contributed by atoms with Gasteiger partial charge in [0, 0.05) is 12.1 Å². The molecule has 2 unspecified atom stereocenters. The van der Waals surface area contributed by atoms with Crippen LogP contribution in [0.25, 0.3) is 0 Å². The van der Waals surface area contributed by atoms with Gasteiger partial charge in [0.2, 0.25) is 5.91 Å². The number of rotatable bonds is 3. The van der Waals surface area contributed by atoms with Gasteiger partial charge in [-0.05, 0) is 38.1 Å². The second kappa shape index (κ2) is 6.18. The first-order valence-corrected chi connectivity index (χ1v) is 7.53. The van der Waals surface area contributed by atoms with Crippen molar-refractivity contribution in [2.45, 2.75) is 45.2 Å². The molecular formula is C14H19N3OS. The standard InChI is InChI=1S/C14H19N3OS/c1-10-4-3-5-11(2)17(10)9-13(18)16-14-12(8-15)6-7-19-14/h6-7,10-11H,3-5,9H2,1-2H3,(H,16,18). The maximum atomic E-state index is 12.1. The molecule has 0 spiro atoms. The molecule has 2 rings (SSSR count). The Bertz CT molecular complexity index is 481. The summed E-state index contributed by atoms with van der Waals surface area (Å²) in [7, 11) is 0. The number of amides is 1. The van der Waals surface area contributed by atoms with Gasteiger partial charge in [-0.3, -0.25) is 9.69 Å². The van der Waals surface area contributed by atoms with Crippen LogP contribution in [0.15, 0.2) is 11.4 Å². The van der Waals surface area contributed by atoms with E-state index in [1.807, 2.05) is 5.38 Å². The molecule has 19 heavy (non-hydrogen) atoms. The first kappa shape index (κ1) is 14.0. The van der Waals surface area contributed by atoms with E-state index in [2.05, 4.69) is 30.1 Å². The van der Waals surface area contributed by atoms with Crippen LogP contribution in [0.3, 0.4) is 0 Å². The molecule has 0 bridgehead atoms. The summed E-state index contributed by atoms with van der Waals surface area (Å²) in [6, 6.07) is 4.72. The van der Waals surface area contributed by atoms with E-state index in [9.17, 15) is 4.79 Å². The summed E-state index contributed by atoms with van der Waals surface area (Å²) >= 11 is 1.39. The van der Waals surface area contributed by atoms with Gasteiger partial charge in [-0.2, -0.15) is 5.26 Å². The largest absolute Gasteiger partial charge is 0.315 e. The van der Waals surface area contributed by atoms with Crippen LogP contribution in [0.4, 0.5) is 5.00 Å². The number of nitrogens with one attached hydrogen (secondary N) is 1. The van der Waals surface area contributed by atoms with Gasteiger partial charge < -0.3 is 5.32 Å². The Hall–Kier alpha value is -1.38. The van der Waals surface area contributed by atoms with Crippen molar-refractivity contribution >= 4 is 22.2 Å². The fourth-order valence-corrected chi connectivity index (χ4v) is 3.37. The quantitative estimate of drug-likeness (QED) is 0.924. The SMILES string of the molecule is CC1CCCC(C)N1CC(=O)Nc1sccc1C#N. The minimum absolute atomic E-state index is 0.0282. The molecule has 1 aromatic rings. The van der Waals surface area contributed by atoms with Crippen molar-refractivity contribution in [1.82, 2.24) is 4.90 Å². The minimum Gasteiger partial charge on any atom is -0.315 e. The van der Waals surface area contributed by atoms with E-state index in [-0.39, 0.29) is 5.91 Å². The summed E-state index contributed by atoms with van der Waals surface area (Å²) < 4.78 is 0. The highest BCUT2D eigenvalue weighted by atomic mass is 32.1. The van der Waals surface area contributed by atoms with E-state index in [0.29, 0.717) is 29.2 Å². The molecule has 0 saturated carbocycles. The monoisotopic (exact) mass is 277 g/mol. The van der Waals surface area contributed by atoms with E-state index < -0.39 is 0 Å². The number of hydrogen-bond donors (Lipinski definition) is 1. The lowest BCUT2D eigenvalue weighted by Gasteiger charge is -2.38. The predicted octanol–water partition coefficient (Wildman–Crippen LogP) is 2.82. The van der Waals surface area contributed by atoms with Crippen molar-refractivity contribution < 1.29 is 4.79 Å². The van der Waals surface area contributed by atoms with Crippen molar-refractivity contribution in [3.63, 3.8) is 0 Å². The lowest BCUT2D eigenvalue weighted by Crippen LogP contribution is -2.47. The molecule has 1 N–H and O–H groups in total. The second-order valence-corrected chi connectivity index (χ2v) is 6.04. The Morgan fingerprint density at radius 3 is 2.84 bits per heavy atom. The molecule has 0 radical (unpaired) electrons. The van der Waals surface area contributed by atoms with Gasteiger partial charge in [0.1, 0.15) is 11.1 Å². The van der Waals surface area contributed by atoms with Crippen LogP contribution in [0, 0.1) is 11.3 Å². The van der Waals surface area contributed by atoms with Gasteiger partial charge in [0.15, 0.2) is 0 Å². The lowest BCUT2D eigenvalue weighted by molar-refractivity contribution is -0.118. The Morgan fingerprint density at radius 2 is 2.21 bits per heavy atom. The number of carbonyl (C=O) groups is 1. The van der Waals surface area contributed by atoms with Crippen molar-refractivity contribution in [3.05, 3.63) is 17.0 Å². The molecule has 1 aliphatic rings. The number of carbonyl (C=O) groups excluding carboxylic acids is 1. The first-order chi connectivity index (χ1) is 9.11. The van der Waals surface area contributed by atoms with Gasteiger partial charge in [-0.1, -0.05) is 6.42 Å². The fraction of sp³-hybridized carbons (Fsp3) is 0.571. The maximum Gasteiger partial charge on any atom is 0.239 e. The van der Waals surface area contributed by atoms with E-state index in [4.69, 9.17) is 5.26 Å². The number of nitrogens with zero attached hydrogens (tertiary/aromatic N) is 2. The van der Waals surface area contributed by atoms with Crippen molar-refractivity contribution in [1.29, 1.82) is 5.26 Å². The molecular weight excluding hydrogens is 258 g/mol. The van der Waals surface area contributed by atoms with Gasteiger partial charge >= 0.3 is 0 Å². The molecule has 0 aromatic carbocycles. The van der Waals surface area contributed by atoms with Gasteiger partial charge in [0.25, 0.3) is 0 Å². The lowest BCUT2D eigenvalue weighted by atomic mass is 9.97. The minimum atomic E-state index is -0.0282. The van der Waals surface area contributed by atoms with Crippen LogP contribution in [0.2, 0.25) is 0 Å². The molecule has 1 aromatic heterocycles. The molecule has 5 heteroatoms. The van der Waals surface area contributed by atoms with E-state index in [1.165, 1.54) is 17.8 Å². The number of anilines is 1. The number of likely N-dealkylation sites (tertiary alicyclic amines) is 1. The molecule has 4 nitrogen and oxygen atoms in total. The van der Waals surface area contributed by atoms with Crippen molar-refractivity contribution in [2.75, 3.05) is 11.9 Å². The van der Waals surface area contributed by atoms with Crippen LogP contribution >= 0.6 is 11.3 Å². The van der Waals surface area contributed by atoms with Crippen LogP contribution in [-0.2, 0) is 4.79 Å². The zero-order valence-corrected chi connectivity index (χ0v) is 12.2. The van der Waals surface area contributed by atoms with Crippen LogP contribution in [0.5, 0.6) is 0 Å². The van der Waals surface area contributed by atoms with Gasteiger partial charge in [-0.25, -0.2) is 0 Å². The van der Waals surface area contributed by atoms with Crippen LogP contribution in [-0.4, -0.2) is 29.4 Å². The molecule has 102 valence electrons. The summed E-state index contributed by atoms with van der Waals surface area (Å²) in [5.74, 6) is -0.0282. The number of piperidine rings is 1. The zero-order valence-electron chi connectivity index (χ0n) is 11.3. The Labute approximate surface area is 118 Å². The highest BCUT2D eigenvalue weighted by Crippen LogP contribution is 2.24. The molecule has 1 fully saturated rings. The summed E-state index contributed by atoms with van der Waals surface area (Å²) in [6.07, 6.45) is 3.55. The first-order valence-electron chi connectivity index (χ1n) is 6.65. The maximum absolute atomic E-state index is 12.1. The van der Waals surface area contributed by atoms with E-state index in [0.717, 1.165) is 12.8 Å². The van der Waals surface area contributed by atoms with E-state index >= 15 is 0 Å². The van der Waals surface area contributed by atoms with E-state index in [1.54, 1.807) is 6.07 Å². The van der Waals surface area contributed by atoms with Crippen molar-refractivity contribution in [3.8, 4) is 6.07 Å². The molecule has 1 amide bonds. The summed E-state index contributed by atoms with van der Waals surface area (Å²) in [6.45, 7) is 4.76. The average molecular weight is 277 g/mol. The molecule has 1 saturated heterocycles. The Kier molecular flexibility index (Phi) is 4.56. The third-order valence-corrected chi connectivity index (χ3v) is 4.57. The van der Waals surface area contributed by atoms with Gasteiger partial charge in [0.05, 0.1) is 12.1 Å². The average Bonchev–Trinajstić information content (AvgIpc) is 2.81. The van der Waals surface area contributed by atoms with Gasteiger partial charge in [-0.15, -0.1) is 11.3 Å². The predicted molar refractivity (Wildman–Crippen MR) is 77.1 cm³/mol. The Morgan fingerprint density at radius 1 is 1.53 bits per heavy atom. The third-order valence-electron chi connectivity index (χ3n) is 3.74. The Balaban J connectivity index is 1.96. The number of hydrogen-bond acceptors (Lipinski definition) is 4.